The van der Waals surface area contributed by atoms with E-state index in [0.29, 0.717) is 23.5 Å². The number of Topliss-reactive ketones (excluding diaryl/α,β-unsaturated/α-hetero) is 1. The van der Waals surface area contributed by atoms with Crippen molar-refractivity contribution in [2.75, 3.05) is 0 Å². The van der Waals surface area contributed by atoms with Gasteiger partial charge in [0.2, 0.25) is 0 Å². The lowest BCUT2D eigenvalue weighted by Gasteiger charge is -2.48. The molecule has 0 N–H and O–H groups in total. The molecule has 0 bridgehead atoms. The molecule has 1 aromatic heterocycles. The molecule has 4 atom stereocenters. The highest BCUT2D eigenvalue weighted by molar-refractivity contribution is 5.87. The van der Waals surface area contributed by atoms with Crippen LogP contribution in [-0.4, -0.2) is 15.3 Å². The molecular weight excluding hydrogens is 296 g/mol. The van der Waals surface area contributed by atoms with Gasteiger partial charge in [-0.1, -0.05) is 13.0 Å². The van der Waals surface area contributed by atoms with Gasteiger partial charge in [-0.3, -0.25) is 4.79 Å². The van der Waals surface area contributed by atoms with E-state index in [4.69, 9.17) is 0 Å². The van der Waals surface area contributed by atoms with Crippen LogP contribution < -0.4 is 0 Å². The zero-order valence-corrected chi connectivity index (χ0v) is 14.2. The summed E-state index contributed by atoms with van der Waals surface area (Å²) in [5.74, 6) is 2.52. The van der Waals surface area contributed by atoms with Crippen LogP contribution in [0, 0.1) is 17.3 Å². The predicted octanol–water partition coefficient (Wildman–Crippen LogP) is 4.30. The second-order valence-corrected chi connectivity index (χ2v) is 8.19. The molecule has 3 nitrogen and oxygen atoms in total. The number of rotatable bonds is 1. The molecular formula is C21H24N2O. The monoisotopic (exact) mass is 320 g/mol. The minimum atomic E-state index is -0.0184. The fraction of sp³-hybridized carbons (Fsp3) is 0.524. The van der Waals surface area contributed by atoms with Crippen molar-refractivity contribution in [1.29, 1.82) is 0 Å². The molecule has 0 saturated heterocycles. The zero-order chi connectivity index (χ0) is 16.3. The van der Waals surface area contributed by atoms with Gasteiger partial charge in [-0.2, -0.15) is 0 Å². The summed E-state index contributed by atoms with van der Waals surface area (Å²) < 4.78 is 2.08. The van der Waals surface area contributed by atoms with Gasteiger partial charge in [0.05, 0.1) is 6.33 Å². The molecule has 0 amide bonds. The third kappa shape index (κ3) is 1.90. The lowest BCUT2D eigenvalue weighted by Crippen LogP contribution is -2.42. The van der Waals surface area contributed by atoms with Crippen molar-refractivity contribution in [1.82, 2.24) is 9.55 Å². The Balaban J connectivity index is 1.51. The third-order valence-electron chi connectivity index (χ3n) is 7.22. The highest BCUT2D eigenvalue weighted by atomic mass is 16.1. The topological polar surface area (TPSA) is 34.9 Å². The standard InChI is InChI=1S/C21H24N2O/c1-21-9-8-17-16-5-3-15(23-11-10-22-13-23)12-14(16)2-4-18(17)19(21)6-7-20(21)24/h3,5,10-13,17-19H,2,4,6-9H2,1H3/t17-,18-,19+,21+/m1/s1. The molecule has 2 fully saturated rings. The Bertz CT molecular complexity index is 794. The molecule has 0 radical (unpaired) electrons. The van der Waals surface area contributed by atoms with Gasteiger partial charge in [0.1, 0.15) is 5.78 Å². The van der Waals surface area contributed by atoms with E-state index in [-0.39, 0.29) is 5.41 Å². The van der Waals surface area contributed by atoms with Gasteiger partial charge in [-0.15, -0.1) is 0 Å². The second-order valence-electron chi connectivity index (χ2n) is 8.19. The molecule has 3 aliphatic rings. The van der Waals surface area contributed by atoms with Crippen LogP contribution in [-0.2, 0) is 11.2 Å². The van der Waals surface area contributed by atoms with Crippen LogP contribution in [0.5, 0.6) is 0 Å². The van der Waals surface area contributed by atoms with Gasteiger partial charge in [0.15, 0.2) is 0 Å². The number of aryl methyl sites for hydroxylation is 1. The minimum absolute atomic E-state index is 0.0184. The lowest BCUT2D eigenvalue weighted by molar-refractivity contribution is -0.129. The molecule has 1 heterocycles. The number of imidazole rings is 1. The number of nitrogens with zero attached hydrogens (tertiary/aromatic N) is 2. The molecule has 2 saturated carbocycles. The van der Waals surface area contributed by atoms with Gasteiger partial charge in [-0.05, 0) is 73.1 Å². The maximum Gasteiger partial charge on any atom is 0.139 e. The Morgan fingerprint density at radius 1 is 1.21 bits per heavy atom. The van der Waals surface area contributed by atoms with Crippen molar-refractivity contribution in [2.45, 2.75) is 51.4 Å². The van der Waals surface area contributed by atoms with Crippen molar-refractivity contribution in [3.8, 4) is 5.69 Å². The van der Waals surface area contributed by atoms with Crippen LogP contribution in [0.4, 0.5) is 0 Å². The number of hydrogen-bond donors (Lipinski definition) is 0. The smallest absolute Gasteiger partial charge is 0.139 e. The van der Waals surface area contributed by atoms with Crippen LogP contribution in [0.1, 0.15) is 56.1 Å². The lowest BCUT2D eigenvalue weighted by atomic mass is 9.55. The average molecular weight is 320 g/mol. The Kier molecular flexibility index (Phi) is 3.04. The molecule has 124 valence electrons. The minimum Gasteiger partial charge on any atom is -0.306 e. The Morgan fingerprint density at radius 2 is 2.12 bits per heavy atom. The summed E-state index contributed by atoms with van der Waals surface area (Å²) in [5, 5.41) is 0. The number of carbonyl (C=O) groups excluding carboxylic acids is 1. The van der Waals surface area contributed by atoms with E-state index in [0.717, 1.165) is 25.7 Å². The first-order valence-corrected chi connectivity index (χ1v) is 9.31. The molecule has 2 aromatic rings. The van der Waals surface area contributed by atoms with Crippen molar-refractivity contribution < 1.29 is 4.79 Å². The molecule has 1 aromatic carbocycles. The van der Waals surface area contributed by atoms with E-state index in [1.54, 1.807) is 5.56 Å². The number of fused-ring (bicyclic) bond motifs is 5. The van der Waals surface area contributed by atoms with Crippen LogP contribution in [0.2, 0.25) is 0 Å². The summed E-state index contributed by atoms with van der Waals surface area (Å²) in [7, 11) is 0. The third-order valence-corrected chi connectivity index (χ3v) is 7.22. The van der Waals surface area contributed by atoms with Crippen molar-refractivity contribution in [3.63, 3.8) is 0 Å². The number of benzene rings is 1. The van der Waals surface area contributed by atoms with Crippen molar-refractivity contribution in [2.24, 2.45) is 17.3 Å². The first-order valence-electron chi connectivity index (χ1n) is 9.31. The van der Waals surface area contributed by atoms with Gasteiger partial charge < -0.3 is 4.57 Å². The SMILES string of the molecule is C[C@]12CC[C@@H]3c4ccc(-n5ccnc5)cc4CC[C@H]3[C@@H]1CCC2=O. The molecule has 0 spiro atoms. The summed E-state index contributed by atoms with van der Waals surface area (Å²) >= 11 is 0. The van der Waals surface area contributed by atoms with E-state index in [9.17, 15) is 4.79 Å². The second kappa shape index (κ2) is 5.05. The van der Waals surface area contributed by atoms with Gasteiger partial charge >= 0.3 is 0 Å². The highest BCUT2D eigenvalue weighted by Crippen LogP contribution is 2.59. The maximum absolute atomic E-state index is 12.4. The zero-order valence-electron chi connectivity index (χ0n) is 14.2. The van der Waals surface area contributed by atoms with E-state index in [1.807, 2.05) is 18.7 Å². The van der Waals surface area contributed by atoms with E-state index >= 15 is 0 Å². The largest absolute Gasteiger partial charge is 0.306 e. The van der Waals surface area contributed by atoms with E-state index in [1.165, 1.54) is 24.1 Å². The van der Waals surface area contributed by atoms with Crippen LogP contribution in [0.25, 0.3) is 5.69 Å². The molecule has 3 heteroatoms. The van der Waals surface area contributed by atoms with Crippen molar-refractivity contribution in [3.05, 3.63) is 48.0 Å². The number of ketones is 1. The Hall–Kier alpha value is -1.90. The fourth-order valence-electron chi connectivity index (χ4n) is 5.91. The fourth-order valence-corrected chi connectivity index (χ4v) is 5.91. The number of aromatic nitrogens is 2. The molecule has 3 aliphatic carbocycles. The first kappa shape index (κ1) is 14.4. The molecule has 0 unspecified atom stereocenters. The normalized spacial score (nSPS) is 34.5. The van der Waals surface area contributed by atoms with Gasteiger partial charge in [0, 0.05) is 29.9 Å². The average Bonchev–Trinajstić information content (AvgIpc) is 3.23. The summed E-state index contributed by atoms with van der Waals surface area (Å²) in [4.78, 5) is 16.6. The molecule has 0 aliphatic heterocycles. The maximum atomic E-state index is 12.4. The number of carbonyl (C=O) groups is 1. The van der Waals surface area contributed by atoms with Crippen LogP contribution >= 0.6 is 0 Å². The van der Waals surface area contributed by atoms with E-state index < -0.39 is 0 Å². The summed E-state index contributed by atoms with van der Waals surface area (Å²) in [6.07, 6.45) is 12.3. The summed E-state index contributed by atoms with van der Waals surface area (Å²) in [6, 6.07) is 6.93. The predicted molar refractivity (Wildman–Crippen MR) is 93.2 cm³/mol. The number of hydrogen-bond acceptors (Lipinski definition) is 2. The highest BCUT2D eigenvalue weighted by Gasteiger charge is 2.54. The molecule has 5 rings (SSSR count). The summed E-state index contributed by atoms with van der Waals surface area (Å²) in [6.45, 7) is 2.25. The summed E-state index contributed by atoms with van der Waals surface area (Å²) in [5.41, 5.74) is 4.25. The quantitative estimate of drug-likeness (QED) is 0.785. The molecule has 24 heavy (non-hydrogen) atoms. The Morgan fingerprint density at radius 3 is 2.96 bits per heavy atom. The van der Waals surface area contributed by atoms with Crippen molar-refractivity contribution >= 4 is 5.78 Å². The van der Waals surface area contributed by atoms with Gasteiger partial charge in [0.25, 0.3) is 0 Å². The van der Waals surface area contributed by atoms with Crippen LogP contribution in [0.15, 0.2) is 36.9 Å². The van der Waals surface area contributed by atoms with Crippen LogP contribution in [0.3, 0.4) is 0 Å². The first-order chi connectivity index (χ1) is 11.7. The van der Waals surface area contributed by atoms with E-state index in [2.05, 4.69) is 34.7 Å². The Labute approximate surface area is 143 Å². The van der Waals surface area contributed by atoms with Gasteiger partial charge in [-0.25, -0.2) is 4.98 Å².